The number of aromatic nitrogens is 4. The summed E-state index contributed by atoms with van der Waals surface area (Å²) in [5.41, 5.74) is -0.337. The molecule has 0 amide bonds. The highest BCUT2D eigenvalue weighted by Crippen LogP contribution is 2.29. The van der Waals surface area contributed by atoms with Gasteiger partial charge in [0.25, 0.3) is 0 Å². The molecule has 0 aromatic carbocycles. The van der Waals surface area contributed by atoms with Gasteiger partial charge in [-0.1, -0.05) is 0 Å². The Morgan fingerprint density at radius 3 is 2.90 bits per heavy atom. The molecule has 2 aromatic rings. The number of hydrogen-bond donors (Lipinski definition) is 4. The van der Waals surface area contributed by atoms with E-state index in [-0.39, 0.29) is 24.2 Å². The van der Waals surface area contributed by atoms with Crippen LogP contribution in [0.1, 0.15) is 18.1 Å². The Hall–Kier alpha value is -1.81. The fourth-order valence-electron chi connectivity index (χ4n) is 2.33. The molecule has 1 fully saturated rings. The van der Waals surface area contributed by atoms with Crippen molar-refractivity contribution in [3.8, 4) is 0 Å². The lowest BCUT2D eigenvalue weighted by Gasteiger charge is -2.13. The highest BCUT2D eigenvalue weighted by Gasteiger charge is 2.35. The summed E-state index contributed by atoms with van der Waals surface area (Å²) in [6, 6.07) is 0. The first-order chi connectivity index (χ1) is 11.6. The number of rotatable bonds is 4. The molecule has 1 aliphatic heterocycles. The Labute approximate surface area is 125 Å². The van der Waals surface area contributed by atoms with E-state index in [1.165, 1.54) is 10.9 Å². The van der Waals surface area contributed by atoms with Crippen LogP contribution in [0.4, 0.5) is 0 Å². The zero-order valence-electron chi connectivity index (χ0n) is 14.8. The van der Waals surface area contributed by atoms with Crippen LogP contribution in [0.2, 0.25) is 0 Å². The predicted octanol–water partition coefficient (Wildman–Crippen LogP) is -1.65. The van der Waals surface area contributed by atoms with E-state index in [9.17, 15) is 10.2 Å². The van der Waals surface area contributed by atoms with Crippen molar-refractivity contribution in [3.05, 3.63) is 18.1 Å². The summed E-state index contributed by atoms with van der Waals surface area (Å²) in [4.78, 5) is 8.00. The number of imidazole rings is 1. The summed E-state index contributed by atoms with van der Waals surface area (Å²) in [6.45, 7) is -6.53. The van der Waals surface area contributed by atoms with E-state index >= 15 is 0 Å². The normalized spacial score (nSPS) is 30.0. The molecule has 114 valence electrons. The predicted molar refractivity (Wildman–Crippen MR) is 70.1 cm³/mol. The molecule has 1 saturated heterocycles. The maximum atomic E-state index is 9.83. The molecule has 2 aromatic heterocycles. The molecule has 0 bridgehead atoms. The van der Waals surface area contributed by atoms with E-state index in [4.69, 9.17) is 20.7 Å². The number of nitrogens with zero attached hydrogens (tertiary/aromatic N) is 4. The Balaban J connectivity index is 2.05. The van der Waals surface area contributed by atoms with Gasteiger partial charge in [0.15, 0.2) is 11.1 Å². The second-order valence-electron chi connectivity index (χ2n) is 4.63. The van der Waals surface area contributed by atoms with Crippen LogP contribution in [0.25, 0.3) is 11.2 Å². The Morgan fingerprint density at radius 1 is 1.43 bits per heavy atom. The molecule has 9 heteroatoms. The molecule has 0 radical (unpaired) electrons. The van der Waals surface area contributed by atoms with Gasteiger partial charge in [-0.2, -0.15) is 0 Å². The van der Waals surface area contributed by atoms with E-state index in [0.717, 1.165) is 6.33 Å². The van der Waals surface area contributed by atoms with Crippen molar-refractivity contribution < 1.29 is 25.5 Å². The zero-order valence-corrected chi connectivity index (χ0v) is 10.8. The van der Waals surface area contributed by atoms with Gasteiger partial charge >= 0.3 is 0 Å². The second-order valence-corrected chi connectivity index (χ2v) is 4.63. The Bertz CT molecular complexity index is 848. The van der Waals surface area contributed by atoms with Gasteiger partial charge in [-0.15, -0.1) is 0 Å². The average molecular weight is 299 g/mol. The number of aliphatic hydroxyl groups excluding tert-OH is 2. The molecule has 0 saturated carbocycles. The number of hydrogen-bond acceptors (Lipinski definition) is 7. The molecule has 0 unspecified atom stereocenters. The van der Waals surface area contributed by atoms with Gasteiger partial charge in [0, 0.05) is 12.9 Å². The monoisotopic (exact) mass is 299 g/mol. The number of fused-ring (bicyclic) bond motifs is 1. The molecule has 9 nitrogen and oxygen atoms in total. The van der Waals surface area contributed by atoms with Crippen LogP contribution in [0.3, 0.4) is 0 Å². The van der Waals surface area contributed by atoms with Crippen molar-refractivity contribution in [2.24, 2.45) is 0 Å². The molecule has 3 atom stereocenters. The van der Waals surface area contributed by atoms with Crippen molar-refractivity contribution in [3.63, 3.8) is 0 Å². The maximum absolute atomic E-state index is 9.83. The van der Waals surface area contributed by atoms with Crippen LogP contribution in [-0.2, 0) is 11.2 Å². The number of aryl methyl sites for hydroxylation is 1. The highest BCUT2D eigenvalue weighted by molar-refractivity contribution is 5.68. The third-order valence-corrected chi connectivity index (χ3v) is 3.39. The smallest absolute Gasteiger partial charge is 0.167 e. The average Bonchev–Trinajstić information content (AvgIpc) is 3.09. The van der Waals surface area contributed by atoms with Crippen LogP contribution < -0.4 is 5.49 Å². The van der Waals surface area contributed by atoms with Gasteiger partial charge in [-0.05, 0) is 0 Å². The SMILES string of the molecule is [2H]C([2H])(O)C([2H])([2H])n1cnc2c(ncn2[C@@H]2C[C@H](O)[C@H](CO)O2)c1=N. The van der Waals surface area contributed by atoms with Crippen LogP contribution >= 0.6 is 0 Å². The van der Waals surface area contributed by atoms with Gasteiger partial charge in [-0.3, -0.25) is 9.98 Å². The van der Waals surface area contributed by atoms with Gasteiger partial charge < -0.3 is 24.6 Å². The molecule has 3 heterocycles. The molecule has 4 N–H and O–H groups in total. The molecule has 0 spiro atoms. The lowest BCUT2D eigenvalue weighted by Crippen LogP contribution is -2.24. The molecular weight excluding hydrogens is 278 g/mol. The highest BCUT2D eigenvalue weighted by atomic mass is 16.5. The Kier molecular flexibility index (Phi) is 2.63. The number of nitrogens with one attached hydrogen (secondary N) is 1. The van der Waals surface area contributed by atoms with Crippen LogP contribution in [-0.4, -0.2) is 59.8 Å². The van der Waals surface area contributed by atoms with Crippen LogP contribution in [0, 0.1) is 5.41 Å². The zero-order chi connectivity index (χ0) is 18.6. The fraction of sp³-hybridized carbons (Fsp3) is 0.583. The minimum Gasteiger partial charge on any atom is -0.395 e. The van der Waals surface area contributed by atoms with Gasteiger partial charge in [-0.25, -0.2) is 9.97 Å². The molecular formula is C12H17N5O4. The Morgan fingerprint density at radius 2 is 2.24 bits per heavy atom. The minimum atomic E-state index is -3.24. The van der Waals surface area contributed by atoms with E-state index in [2.05, 4.69) is 9.97 Å². The van der Waals surface area contributed by atoms with Crippen molar-refractivity contribution >= 4 is 11.2 Å². The summed E-state index contributed by atoms with van der Waals surface area (Å²) >= 11 is 0. The molecule has 0 aliphatic carbocycles. The number of ether oxygens (including phenoxy) is 1. The van der Waals surface area contributed by atoms with E-state index in [0.29, 0.717) is 4.57 Å². The van der Waals surface area contributed by atoms with E-state index in [1.54, 1.807) is 0 Å². The molecule has 21 heavy (non-hydrogen) atoms. The van der Waals surface area contributed by atoms with Crippen LogP contribution in [0.15, 0.2) is 12.7 Å². The summed E-state index contributed by atoms with van der Waals surface area (Å²) in [6.07, 6.45) is 0.0999. The van der Waals surface area contributed by atoms with Crippen molar-refractivity contribution in [1.29, 1.82) is 5.41 Å². The van der Waals surface area contributed by atoms with Crippen molar-refractivity contribution in [1.82, 2.24) is 19.1 Å². The molecule has 1 aliphatic rings. The second kappa shape index (κ2) is 5.53. The van der Waals surface area contributed by atoms with Crippen LogP contribution in [0.5, 0.6) is 0 Å². The maximum Gasteiger partial charge on any atom is 0.167 e. The quantitative estimate of drug-likeness (QED) is 0.535. The van der Waals surface area contributed by atoms with Crippen molar-refractivity contribution in [2.45, 2.75) is 31.4 Å². The first kappa shape index (κ1) is 10.0. The lowest BCUT2D eigenvalue weighted by molar-refractivity contribution is -0.0432. The van der Waals surface area contributed by atoms with Gasteiger partial charge in [0.2, 0.25) is 0 Å². The third kappa shape index (κ3) is 2.33. The molecule has 3 rings (SSSR count). The van der Waals surface area contributed by atoms with Gasteiger partial charge in [0.1, 0.15) is 17.8 Å². The third-order valence-electron chi connectivity index (χ3n) is 3.39. The summed E-state index contributed by atoms with van der Waals surface area (Å²) in [5.74, 6) is 0. The standard InChI is InChI=1S/C12H17N5O4/c13-11-10-12(15-5-16(11)1-2-18)17(6-14-10)9-3-7(20)8(4-19)21-9/h5-9,13,18-20H,1-4H2/t7-,8-,9-/m0/s1/i1D2,2D2. The van der Waals surface area contributed by atoms with Crippen molar-refractivity contribution in [2.75, 3.05) is 13.2 Å². The van der Waals surface area contributed by atoms with Gasteiger partial charge in [0.05, 0.1) is 37.4 Å². The topological polar surface area (TPSA) is 129 Å². The summed E-state index contributed by atoms with van der Waals surface area (Å²) < 4.78 is 37.3. The van der Waals surface area contributed by atoms with E-state index < -0.39 is 37.0 Å². The first-order valence-corrected chi connectivity index (χ1v) is 6.24. The first-order valence-electron chi connectivity index (χ1n) is 8.24. The lowest BCUT2D eigenvalue weighted by atomic mass is 10.2. The summed E-state index contributed by atoms with van der Waals surface area (Å²) in [5, 5.41) is 36.4. The number of aliphatic hydroxyl groups is 3. The minimum absolute atomic E-state index is 0.0267. The van der Waals surface area contributed by atoms with E-state index in [1.807, 2.05) is 0 Å². The fourth-order valence-corrected chi connectivity index (χ4v) is 2.33. The largest absolute Gasteiger partial charge is 0.395 e. The summed E-state index contributed by atoms with van der Waals surface area (Å²) in [7, 11) is 0.